The number of carbonyl (C=O) groups excluding carboxylic acids is 2. The predicted molar refractivity (Wildman–Crippen MR) is 149 cm³/mol. The topological polar surface area (TPSA) is 75.2 Å². The molecule has 2 amide bonds. The molecule has 8 heteroatoms. The normalized spacial score (nSPS) is 20.5. The fraction of sp³-hybridized carbons (Fsp3) is 0.581. The van der Waals surface area contributed by atoms with Crippen LogP contribution in [0.3, 0.4) is 0 Å². The summed E-state index contributed by atoms with van der Waals surface area (Å²) in [6.07, 6.45) is 5.66. The lowest BCUT2D eigenvalue weighted by Crippen LogP contribution is -2.66. The van der Waals surface area contributed by atoms with Crippen molar-refractivity contribution in [2.45, 2.75) is 77.2 Å². The molecule has 0 N–H and O–H groups in total. The van der Waals surface area contributed by atoms with Gasteiger partial charge in [0.25, 0.3) is 0 Å². The molecule has 0 bridgehead atoms. The predicted octanol–water partition coefficient (Wildman–Crippen LogP) is 4.83. The van der Waals surface area contributed by atoms with Crippen LogP contribution in [0.2, 0.25) is 0 Å². The number of rotatable bonds is 7. The first-order chi connectivity index (χ1) is 18.5. The van der Waals surface area contributed by atoms with E-state index in [1.165, 1.54) is 5.56 Å². The van der Waals surface area contributed by atoms with Crippen LogP contribution in [0.4, 0.5) is 4.79 Å². The van der Waals surface area contributed by atoms with Crippen LogP contribution in [0.25, 0.3) is 0 Å². The van der Waals surface area contributed by atoms with Gasteiger partial charge in [0.1, 0.15) is 17.5 Å². The monoisotopic (exact) mass is 534 g/mol. The molecule has 39 heavy (non-hydrogen) atoms. The highest BCUT2D eigenvalue weighted by Gasteiger charge is 2.55. The number of ether oxygens (including phenoxy) is 2. The summed E-state index contributed by atoms with van der Waals surface area (Å²) in [7, 11) is 3.62. The summed E-state index contributed by atoms with van der Waals surface area (Å²) in [6, 6.07) is 12.6. The summed E-state index contributed by atoms with van der Waals surface area (Å²) in [4.78, 5) is 35.6. The van der Waals surface area contributed by atoms with Crippen LogP contribution in [0, 0.1) is 5.41 Å². The van der Waals surface area contributed by atoms with E-state index in [9.17, 15) is 9.59 Å². The maximum absolute atomic E-state index is 12.6. The first-order valence-electron chi connectivity index (χ1n) is 14.1. The summed E-state index contributed by atoms with van der Waals surface area (Å²) < 4.78 is 12.2. The van der Waals surface area contributed by atoms with Crippen LogP contribution in [-0.4, -0.2) is 77.1 Å². The molecular formula is C31H42N4O4. The summed E-state index contributed by atoms with van der Waals surface area (Å²) in [5, 5.41) is 0. The number of nitrogens with zero attached hydrogens (tertiary/aromatic N) is 4. The van der Waals surface area contributed by atoms with E-state index < -0.39 is 5.60 Å². The van der Waals surface area contributed by atoms with E-state index in [0.29, 0.717) is 6.42 Å². The lowest BCUT2D eigenvalue weighted by Gasteiger charge is -2.58. The average Bonchev–Trinajstić information content (AvgIpc) is 2.83. The smallest absolute Gasteiger partial charge is 0.410 e. The zero-order valence-electron chi connectivity index (χ0n) is 24.0. The van der Waals surface area contributed by atoms with Crippen molar-refractivity contribution in [3.8, 4) is 5.75 Å². The van der Waals surface area contributed by atoms with Crippen molar-refractivity contribution in [1.29, 1.82) is 0 Å². The van der Waals surface area contributed by atoms with Gasteiger partial charge in [-0.2, -0.15) is 0 Å². The molecule has 1 spiro atoms. The molecule has 1 aliphatic carbocycles. The lowest BCUT2D eigenvalue weighted by molar-refractivity contribution is -0.129. The molecule has 2 fully saturated rings. The molecule has 8 nitrogen and oxygen atoms in total. The standard InChI is InChI=1S/C31H42N4O4/c1-30(2,3)39-29(37)35-20-31(21-35)17-23(18-31)38-26-13-15-32-24-14-16-34(19-22-9-7-6-8-10-22)25(28(24)26)11-12-27(36)33(4)5/h6-10,13,15,23,25H,11-12,14,16-21H2,1-5H3. The van der Waals surface area contributed by atoms with Gasteiger partial charge in [-0.3, -0.25) is 14.7 Å². The van der Waals surface area contributed by atoms with Gasteiger partial charge in [0.15, 0.2) is 0 Å². The minimum absolute atomic E-state index is 0.0574. The van der Waals surface area contributed by atoms with Gasteiger partial charge >= 0.3 is 6.09 Å². The molecule has 0 radical (unpaired) electrons. The molecule has 2 aliphatic heterocycles. The molecule has 1 unspecified atom stereocenters. The maximum Gasteiger partial charge on any atom is 0.410 e. The first-order valence-corrected chi connectivity index (χ1v) is 14.1. The van der Waals surface area contributed by atoms with Gasteiger partial charge in [-0.15, -0.1) is 0 Å². The second kappa shape index (κ2) is 10.8. The third-order valence-electron chi connectivity index (χ3n) is 8.12. The Balaban J connectivity index is 1.28. The van der Waals surface area contributed by atoms with E-state index in [1.807, 2.05) is 53.2 Å². The Hall–Kier alpha value is -3.13. The third-order valence-corrected chi connectivity index (χ3v) is 8.12. The number of hydrogen-bond acceptors (Lipinski definition) is 6. The van der Waals surface area contributed by atoms with E-state index in [2.05, 4.69) is 29.2 Å². The molecule has 3 heterocycles. The largest absolute Gasteiger partial charge is 0.490 e. The van der Waals surface area contributed by atoms with Gasteiger partial charge in [0.05, 0.1) is 5.69 Å². The lowest BCUT2D eigenvalue weighted by atomic mass is 9.62. The van der Waals surface area contributed by atoms with Crippen LogP contribution in [0.1, 0.15) is 69.3 Å². The number of benzene rings is 1. The number of likely N-dealkylation sites (tertiary alicyclic amines) is 1. The molecule has 1 aromatic carbocycles. The summed E-state index contributed by atoms with van der Waals surface area (Å²) in [6.45, 7) is 8.87. The number of fused-ring (bicyclic) bond motifs is 1. The Bertz CT molecular complexity index is 1180. The molecule has 1 saturated heterocycles. The van der Waals surface area contributed by atoms with Gasteiger partial charge in [-0.1, -0.05) is 30.3 Å². The average molecular weight is 535 g/mol. The van der Waals surface area contributed by atoms with Gasteiger partial charge < -0.3 is 19.3 Å². The second-order valence-corrected chi connectivity index (χ2v) is 12.7. The quantitative estimate of drug-likeness (QED) is 0.507. The Labute approximate surface area is 232 Å². The molecule has 1 atom stereocenters. The van der Waals surface area contributed by atoms with E-state index in [4.69, 9.17) is 14.5 Å². The zero-order chi connectivity index (χ0) is 27.8. The zero-order valence-corrected chi connectivity index (χ0v) is 24.0. The highest BCUT2D eigenvalue weighted by Crippen LogP contribution is 2.51. The number of aromatic nitrogens is 1. The third kappa shape index (κ3) is 6.21. The molecular weight excluding hydrogens is 492 g/mol. The summed E-state index contributed by atoms with van der Waals surface area (Å²) >= 11 is 0. The van der Waals surface area contributed by atoms with Crippen molar-refractivity contribution in [2.75, 3.05) is 33.7 Å². The van der Waals surface area contributed by atoms with E-state index in [1.54, 1.807) is 9.80 Å². The summed E-state index contributed by atoms with van der Waals surface area (Å²) in [5.74, 6) is 1.02. The molecule has 210 valence electrons. The van der Waals surface area contributed by atoms with Crippen LogP contribution < -0.4 is 4.74 Å². The SMILES string of the molecule is CN(C)C(=O)CCC1c2c(OC3CC4(C3)CN(C(=O)OC(C)(C)C)C4)ccnc2CCN1Cc1ccccc1. The Morgan fingerprint density at radius 2 is 1.82 bits per heavy atom. The maximum atomic E-state index is 12.6. The Morgan fingerprint density at radius 1 is 1.10 bits per heavy atom. The first kappa shape index (κ1) is 27.4. The van der Waals surface area contributed by atoms with Crippen molar-refractivity contribution in [2.24, 2.45) is 5.41 Å². The van der Waals surface area contributed by atoms with E-state index >= 15 is 0 Å². The molecule has 2 aromatic rings. The van der Waals surface area contributed by atoms with Crippen molar-refractivity contribution >= 4 is 12.0 Å². The number of carbonyl (C=O) groups is 2. The molecule has 1 aromatic heterocycles. The Morgan fingerprint density at radius 3 is 2.49 bits per heavy atom. The minimum Gasteiger partial charge on any atom is -0.490 e. The Kier molecular flexibility index (Phi) is 7.60. The minimum atomic E-state index is -0.479. The fourth-order valence-corrected chi connectivity index (χ4v) is 6.21. The highest BCUT2D eigenvalue weighted by atomic mass is 16.6. The number of hydrogen-bond donors (Lipinski definition) is 0. The molecule has 1 saturated carbocycles. The van der Waals surface area contributed by atoms with Gasteiger partial charge in [-0.25, -0.2) is 4.79 Å². The van der Waals surface area contributed by atoms with Crippen LogP contribution in [0.15, 0.2) is 42.6 Å². The molecule has 5 rings (SSSR count). The molecule has 3 aliphatic rings. The fourth-order valence-electron chi connectivity index (χ4n) is 6.21. The van der Waals surface area contributed by atoms with Crippen molar-refractivity contribution in [3.63, 3.8) is 0 Å². The highest BCUT2D eigenvalue weighted by molar-refractivity contribution is 5.75. The van der Waals surface area contributed by atoms with Crippen molar-refractivity contribution < 1.29 is 19.1 Å². The summed E-state index contributed by atoms with van der Waals surface area (Å²) in [5.41, 5.74) is 3.14. The van der Waals surface area contributed by atoms with Gasteiger partial charge in [-0.05, 0) is 51.7 Å². The second-order valence-electron chi connectivity index (χ2n) is 12.7. The van der Waals surface area contributed by atoms with Crippen molar-refractivity contribution in [3.05, 3.63) is 59.4 Å². The van der Waals surface area contributed by atoms with Crippen molar-refractivity contribution in [1.82, 2.24) is 19.7 Å². The van der Waals surface area contributed by atoms with E-state index in [0.717, 1.165) is 68.9 Å². The van der Waals surface area contributed by atoms with Gasteiger partial charge in [0, 0.05) is 76.3 Å². The van der Waals surface area contributed by atoms with Crippen LogP contribution in [0.5, 0.6) is 5.75 Å². The van der Waals surface area contributed by atoms with E-state index in [-0.39, 0.29) is 29.6 Å². The number of pyridine rings is 1. The van der Waals surface area contributed by atoms with Gasteiger partial charge in [0.2, 0.25) is 5.91 Å². The van der Waals surface area contributed by atoms with Crippen LogP contribution >= 0.6 is 0 Å². The van der Waals surface area contributed by atoms with Crippen LogP contribution in [-0.2, 0) is 22.5 Å². The number of amides is 2.